The molecule has 0 spiro atoms. The van der Waals surface area contributed by atoms with Gasteiger partial charge < -0.3 is 5.32 Å². The van der Waals surface area contributed by atoms with Crippen LogP contribution in [0.3, 0.4) is 0 Å². The quantitative estimate of drug-likeness (QED) is 0.847. The van der Waals surface area contributed by atoms with Crippen LogP contribution in [0.4, 0.5) is 10.1 Å². The maximum atomic E-state index is 13.0. The summed E-state index contributed by atoms with van der Waals surface area (Å²) in [4.78, 5) is 0.159. The highest BCUT2D eigenvalue weighted by atomic mass is 79.9. The van der Waals surface area contributed by atoms with Crippen molar-refractivity contribution in [2.75, 3.05) is 11.8 Å². The van der Waals surface area contributed by atoms with Crippen LogP contribution in [-0.4, -0.2) is 15.5 Å². The van der Waals surface area contributed by atoms with Crippen LogP contribution in [0, 0.1) is 5.82 Å². The fourth-order valence-corrected chi connectivity index (χ4v) is 3.53. The van der Waals surface area contributed by atoms with Gasteiger partial charge in [0, 0.05) is 11.0 Å². The van der Waals surface area contributed by atoms with Crippen molar-refractivity contribution in [2.45, 2.75) is 11.4 Å². The molecule has 0 aliphatic carbocycles. The Labute approximate surface area is 131 Å². The summed E-state index contributed by atoms with van der Waals surface area (Å²) in [5.74, 6) is -0.444. The largest absolute Gasteiger partial charge is 0.316 e. The first-order chi connectivity index (χ1) is 9.92. The zero-order valence-corrected chi connectivity index (χ0v) is 13.6. The molecule has 112 valence electrons. The summed E-state index contributed by atoms with van der Waals surface area (Å²) in [6, 6.07) is 10.4. The van der Waals surface area contributed by atoms with Crippen molar-refractivity contribution in [1.82, 2.24) is 5.32 Å². The van der Waals surface area contributed by atoms with E-state index in [9.17, 15) is 12.8 Å². The van der Waals surface area contributed by atoms with Crippen molar-refractivity contribution in [2.24, 2.45) is 0 Å². The summed E-state index contributed by atoms with van der Waals surface area (Å²) in [5, 5.41) is 2.96. The number of sulfonamides is 1. The molecule has 0 radical (unpaired) electrons. The van der Waals surface area contributed by atoms with Gasteiger partial charge in [0.05, 0.1) is 10.6 Å². The predicted octanol–water partition coefficient (Wildman–Crippen LogP) is 3.11. The summed E-state index contributed by atoms with van der Waals surface area (Å²) < 4.78 is 40.5. The van der Waals surface area contributed by atoms with E-state index in [1.807, 2.05) is 6.07 Å². The molecule has 2 aromatic rings. The minimum Gasteiger partial charge on any atom is -0.316 e. The van der Waals surface area contributed by atoms with Gasteiger partial charge >= 0.3 is 0 Å². The van der Waals surface area contributed by atoms with Crippen LogP contribution in [0.25, 0.3) is 0 Å². The summed E-state index contributed by atoms with van der Waals surface area (Å²) in [7, 11) is -1.93. The van der Waals surface area contributed by atoms with Crippen LogP contribution in [0.15, 0.2) is 51.8 Å². The molecule has 7 heteroatoms. The number of anilines is 1. The molecule has 2 aromatic carbocycles. The predicted molar refractivity (Wildman–Crippen MR) is 84.1 cm³/mol. The number of rotatable bonds is 5. The van der Waals surface area contributed by atoms with Crippen molar-refractivity contribution in [3.63, 3.8) is 0 Å². The third-order valence-electron chi connectivity index (χ3n) is 2.77. The fourth-order valence-electron chi connectivity index (χ4n) is 1.80. The first-order valence-corrected chi connectivity index (χ1v) is 8.41. The zero-order valence-electron chi connectivity index (χ0n) is 11.2. The molecule has 4 nitrogen and oxygen atoms in total. The second-order valence-corrected chi connectivity index (χ2v) is 6.94. The Balaban J connectivity index is 2.31. The normalized spacial score (nSPS) is 11.4. The Morgan fingerprint density at radius 2 is 1.95 bits per heavy atom. The van der Waals surface area contributed by atoms with Gasteiger partial charge in [-0.25, -0.2) is 12.8 Å². The molecule has 0 fully saturated rings. The lowest BCUT2D eigenvalue weighted by Crippen LogP contribution is -2.14. The molecule has 0 heterocycles. The number of hydrogen-bond donors (Lipinski definition) is 2. The second kappa shape index (κ2) is 6.55. The second-order valence-electron chi connectivity index (χ2n) is 4.41. The van der Waals surface area contributed by atoms with Crippen molar-refractivity contribution in [1.29, 1.82) is 0 Å². The van der Waals surface area contributed by atoms with Gasteiger partial charge in [0.1, 0.15) is 5.82 Å². The zero-order chi connectivity index (χ0) is 15.5. The van der Waals surface area contributed by atoms with Crippen molar-refractivity contribution < 1.29 is 12.8 Å². The summed E-state index contributed by atoms with van der Waals surface area (Å²) in [6.07, 6.45) is 0. The molecule has 2 rings (SSSR count). The molecule has 0 amide bonds. The van der Waals surface area contributed by atoms with E-state index in [2.05, 4.69) is 26.0 Å². The van der Waals surface area contributed by atoms with Gasteiger partial charge in [-0.1, -0.05) is 12.1 Å². The van der Waals surface area contributed by atoms with E-state index < -0.39 is 15.8 Å². The third kappa shape index (κ3) is 4.03. The minimum absolute atomic E-state index is 0.159. The highest BCUT2D eigenvalue weighted by molar-refractivity contribution is 9.10. The lowest BCUT2D eigenvalue weighted by Gasteiger charge is -2.11. The van der Waals surface area contributed by atoms with E-state index in [0.29, 0.717) is 11.0 Å². The Bertz CT molecular complexity index is 750. The van der Waals surface area contributed by atoms with Crippen molar-refractivity contribution >= 4 is 31.6 Å². The SMILES string of the molecule is CNCc1cccc(S(=O)(=O)Nc2ccc(F)cc2Br)c1. The first kappa shape index (κ1) is 15.9. The van der Waals surface area contributed by atoms with Crippen LogP contribution in [0.5, 0.6) is 0 Å². The smallest absolute Gasteiger partial charge is 0.261 e. The van der Waals surface area contributed by atoms with Gasteiger partial charge in [-0.3, -0.25) is 4.72 Å². The Kier molecular flexibility index (Phi) is 4.97. The van der Waals surface area contributed by atoms with Crippen LogP contribution < -0.4 is 10.0 Å². The Hall–Kier alpha value is -1.44. The van der Waals surface area contributed by atoms with Gasteiger partial charge in [0.2, 0.25) is 0 Å². The number of hydrogen-bond acceptors (Lipinski definition) is 3. The van der Waals surface area contributed by atoms with Gasteiger partial charge in [-0.15, -0.1) is 0 Å². The molecule has 0 unspecified atom stereocenters. The molecule has 0 atom stereocenters. The highest BCUT2D eigenvalue weighted by Crippen LogP contribution is 2.26. The van der Waals surface area contributed by atoms with Crippen LogP contribution >= 0.6 is 15.9 Å². The van der Waals surface area contributed by atoms with Gasteiger partial charge in [0.15, 0.2) is 0 Å². The summed E-state index contributed by atoms with van der Waals surface area (Å²) >= 11 is 3.13. The van der Waals surface area contributed by atoms with Crippen LogP contribution in [0.2, 0.25) is 0 Å². The van der Waals surface area contributed by atoms with E-state index in [4.69, 9.17) is 0 Å². The molecule has 0 bridgehead atoms. The monoisotopic (exact) mass is 372 g/mol. The van der Waals surface area contributed by atoms with Crippen LogP contribution in [-0.2, 0) is 16.6 Å². The number of halogens is 2. The average Bonchev–Trinajstić information content (AvgIpc) is 2.43. The molecule has 0 aromatic heterocycles. The lowest BCUT2D eigenvalue weighted by atomic mass is 10.2. The summed E-state index contributed by atoms with van der Waals surface area (Å²) in [6.45, 7) is 0.573. The van der Waals surface area contributed by atoms with E-state index >= 15 is 0 Å². The van der Waals surface area contributed by atoms with Crippen LogP contribution in [0.1, 0.15) is 5.56 Å². The van der Waals surface area contributed by atoms with Crippen molar-refractivity contribution in [3.8, 4) is 0 Å². The number of nitrogens with one attached hydrogen (secondary N) is 2. The maximum absolute atomic E-state index is 13.0. The van der Waals surface area contributed by atoms with E-state index in [0.717, 1.165) is 5.56 Å². The molecule has 0 saturated heterocycles. The molecular formula is C14H14BrFN2O2S. The van der Waals surface area contributed by atoms with E-state index in [1.165, 1.54) is 24.3 Å². The molecule has 0 aliphatic rings. The lowest BCUT2D eigenvalue weighted by molar-refractivity contribution is 0.600. The topological polar surface area (TPSA) is 58.2 Å². The molecule has 0 saturated carbocycles. The highest BCUT2D eigenvalue weighted by Gasteiger charge is 2.16. The van der Waals surface area contributed by atoms with Crippen molar-refractivity contribution in [3.05, 3.63) is 58.3 Å². The summed E-state index contributed by atoms with van der Waals surface area (Å²) in [5.41, 5.74) is 1.15. The number of benzene rings is 2. The maximum Gasteiger partial charge on any atom is 0.261 e. The van der Waals surface area contributed by atoms with E-state index in [-0.39, 0.29) is 10.6 Å². The molecule has 0 aliphatic heterocycles. The van der Waals surface area contributed by atoms with Gasteiger partial charge in [-0.2, -0.15) is 0 Å². The Morgan fingerprint density at radius 3 is 2.62 bits per heavy atom. The van der Waals surface area contributed by atoms with E-state index in [1.54, 1.807) is 19.2 Å². The van der Waals surface area contributed by atoms with Gasteiger partial charge in [0.25, 0.3) is 10.0 Å². The standard InChI is InChI=1S/C14H14BrFN2O2S/c1-17-9-10-3-2-4-12(7-10)21(19,20)18-14-6-5-11(16)8-13(14)15/h2-8,17-18H,9H2,1H3. The van der Waals surface area contributed by atoms with Gasteiger partial charge in [-0.05, 0) is 58.9 Å². The Morgan fingerprint density at radius 1 is 1.19 bits per heavy atom. The molecule has 2 N–H and O–H groups in total. The average molecular weight is 373 g/mol. The fraction of sp³-hybridized carbons (Fsp3) is 0.143. The minimum atomic E-state index is -3.72. The molecular weight excluding hydrogens is 359 g/mol. The first-order valence-electron chi connectivity index (χ1n) is 6.14. The molecule has 21 heavy (non-hydrogen) atoms. The third-order valence-corrected chi connectivity index (χ3v) is 4.78.